The van der Waals surface area contributed by atoms with Crippen molar-refractivity contribution in [1.29, 1.82) is 0 Å². The normalized spacial score (nSPS) is 17.0. The Balaban J connectivity index is 2.33. The number of amides is 1. The molecule has 0 bridgehead atoms. The number of hydrogen-bond donors (Lipinski definition) is 1. The first kappa shape index (κ1) is 13.7. The Kier molecular flexibility index (Phi) is 3.69. The summed E-state index contributed by atoms with van der Waals surface area (Å²) in [5, 5.41) is 9.60. The summed E-state index contributed by atoms with van der Waals surface area (Å²) in [5.74, 6) is 0.746. The number of phenolic OH excluding ortho intramolecular Hbond substituents is 1. The van der Waals surface area contributed by atoms with Crippen molar-refractivity contribution in [2.45, 2.75) is 45.6 Å². The van der Waals surface area contributed by atoms with Crippen LogP contribution in [0.4, 0.5) is 5.69 Å². The van der Waals surface area contributed by atoms with E-state index >= 15 is 0 Å². The molecule has 1 amide bonds. The van der Waals surface area contributed by atoms with Crippen LogP contribution in [0.3, 0.4) is 0 Å². The molecule has 1 aromatic rings. The van der Waals surface area contributed by atoms with Crippen LogP contribution in [0.5, 0.6) is 11.5 Å². The highest BCUT2D eigenvalue weighted by molar-refractivity contribution is 6.02. The molecule has 4 heteroatoms. The van der Waals surface area contributed by atoms with Gasteiger partial charge in [-0.1, -0.05) is 19.8 Å². The Morgan fingerprint density at radius 1 is 1.32 bits per heavy atom. The molecule has 0 saturated carbocycles. The molecular weight excluding hydrogens is 242 g/mol. The maximum Gasteiger partial charge on any atom is 0.270 e. The third-order valence-corrected chi connectivity index (χ3v) is 3.34. The summed E-state index contributed by atoms with van der Waals surface area (Å²) < 4.78 is 5.72. The van der Waals surface area contributed by atoms with Gasteiger partial charge in [-0.2, -0.15) is 0 Å². The average molecular weight is 263 g/mol. The van der Waals surface area contributed by atoms with E-state index in [1.165, 1.54) is 0 Å². The van der Waals surface area contributed by atoms with Crippen LogP contribution in [0.15, 0.2) is 18.2 Å². The second-order valence-corrected chi connectivity index (χ2v) is 5.43. The van der Waals surface area contributed by atoms with Crippen molar-refractivity contribution in [2.24, 2.45) is 0 Å². The average Bonchev–Trinajstić information content (AvgIpc) is 2.35. The summed E-state index contributed by atoms with van der Waals surface area (Å²) in [6, 6.07) is 4.88. The molecule has 1 heterocycles. The van der Waals surface area contributed by atoms with Crippen LogP contribution in [0.2, 0.25) is 0 Å². The van der Waals surface area contributed by atoms with E-state index in [0.29, 0.717) is 18.0 Å². The Hall–Kier alpha value is -1.71. The molecule has 0 atom stereocenters. The van der Waals surface area contributed by atoms with E-state index in [1.54, 1.807) is 36.9 Å². The molecule has 1 aromatic carbocycles. The van der Waals surface area contributed by atoms with E-state index in [1.807, 2.05) is 0 Å². The topological polar surface area (TPSA) is 49.8 Å². The number of aromatic hydroxyl groups is 1. The Morgan fingerprint density at radius 3 is 2.74 bits per heavy atom. The number of carbonyl (C=O) groups excluding carboxylic acids is 1. The molecule has 0 unspecified atom stereocenters. The zero-order valence-electron chi connectivity index (χ0n) is 11.8. The van der Waals surface area contributed by atoms with E-state index in [0.717, 1.165) is 19.3 Å². The second-order valence-electron chi connectivity index (χ2n) is 5.43. The van der Waals surface area contributed by atoms with Crippen molar-refractivity contribution in [2.75, 3.05) is 11.4 Å². The highest BCUT2D eigenvalue weighted by Crippen LogP contribution is 2.39. The zero-order valence-corrected chi connectivity index (χ0v) is 11.8. The lowest BCUT2D eigenvalue weighted by molar-refractivity contribution is -0.132. The van der Waals surface area contributed by atoms with Crippen LogP contribution < -0.4 is 9.64 Å². The fourth-order valence-electron chi connectivity index (χ4n) is 2.30. The molecular formula is C15H21NO3. The van der Waals surface area contributed by atoms with Crippen molar-refractivity contribution in [1.82, 2.24) is 0 Å². The maximum atomic E-state index is 12.4. The maximum absolute atomic E-state index is 12.4. The molecule has 4 nitrogen and oxygen atoms in total. The van der Waals surface area contributed by atoms with Crippen molar-refractivity contribution in [3.63, 3.8) is 0 Å². The van der Waals surface area contributed by atoms with Gasteiger partial charge in [0.15, 0.2) is 5.60 Å². The molecule has 2 rings (SSSR count). The Morgan fingerprint density at radius 2 is 2.05 bits per heavy atom. The van der Waals surface area contributed by atoms with Crippen LogP contribution in [0.25, 0.3) is 0 Å². The van der Waals surface area contributed by atoms with Gasteiger partial charge in [-0.15, -0.1) is 0 Å². The van der Waals surface area contributed by atoms with Gasteiger partial charge in [0.25, 0.3) is 5.91 Å². The number of ether oxygens (including phenoxy) is 1. The number of benzene rings is 1. The molecule has 0 fully saturated rings. The van der Waals surface area contributed by atoms with Crippen LogP contribution in [0, 0.1) is 0 Å². The largest absolute Gasteiger partial charge is 0.508 e. The number of phenols is 1. The Labute approximate surface area is 114 Å². The van der Waals surface area contributed by atoms with Gasteiger partial charge in [-0.25, -0.2) is 0 Å². The van der Waals surface area contributed by atoms with Gasteiger partial charge in [0.1, 0.15) is 11.5 Å². The van der Waals surface area contributed by atoms with E-state index < -0.39 is 5.60 Å². The SMILES string of the molecule is CCCCCN1C(=O)C(C)(C)Oc2ccc(O)cc21. The van der Waals surface area contributed by atoms with Crippen LogP contribution in [-0.4, -0.2) is 23.2 Å². The number of fused-ring (bicyclic) bond motifs is 1. The van der Waals surface area contributed by atoms with Gasteiger partial charge in [0.2, 0.25) is 0 Å². The fraction of sp³-hybridized carbons (Fsp3) is 0.533. The van der Waals surface area contributed by atoms with E-state index in [2.05, 4.69) is 6.92 Å². The molecule has 1 N–H and O–H groups in total. The lowest BCUT2D eigenvalue weighted by Crippen LogP contribution is -2.52. The number of unbranched alkanes of at least 4 members (excludes halogenated alkanes) is 2. The molecule has 0 spiro atoms. The van der Waals surface area contributed by atoms with Gasteiger partial charge in [-0.3, -0.25) is 4.79 Å². The molecule has 104 valence electrons. The number of hydrogen-bond acceptors (Lipinski definition) is 3. The van der Waals surface area contributed by atoms with Gasteiger partial charge in [0.05, 0.1) is 5.69 Å². The third-order valence-electron chi connectivity index (χ3n) is 3.34. The van der Waals surface area contributed by atoms with Gasteiger partial charge < -0.3 is 14.7 Å². The standard InChI is InChI=1S/C15H21NO3/c1-4-5-6-9-16-12-10-11(17)7-8-13(12)19-15(2,3)14(16)18/h7-8,10,17H,4-6,9H2,1-3H3. The first-order valence-electron chi connectivity index (χ1n) is 6.79. The smallest absolute Gasteiger partial charge is 0.270 e. The van der Waals surface area contributed by atoms with Crippen molar-refractivity contribution in [3.8, 4) is 11.5 Å². The van der Waals surface area contributed by atoms with Crippen LogP contribution in [-0.2, 0) is 4.79 Å². The van der Waals surface area contributed by atoms with Crippen molar-refractivity contribution < 1.29 is 14.6 Å². The van der Waals surface area contributed by atoms with Gasteiger partial charge in [-0.05, 0) is 32.4 Å². The van der Waals surface area contributed by atoms with E-state index in [4.69, 9.17) is 4.74 Å². The summed E-state index contributed by atoms with van der Waals surface area (Å²) in [7, 11) is 0. The molecule has 0 aliphatic carbocycles. The minimum absolute atomic E-state index is 0.0540. The highest BCUT2D eigenvalue weighted by Gasteiger charge is 2.40. The summed E-state index contributed by atoms with van der Waals surface area (Å²) in [5.41, 5.74) is -0.184. The predicted molar refractivity (Wildman–Crippen MR) is 74.7 cm³/mol. The molecule has 1 aliphatic rings. The van der Waals surface area contributed by atoms with E-state index in [9.17, 15) is 9.90 Å². The van der Waals surface area contributed by atoms with Crippen molar-refractivity contribution in [3.05, 3.63) is 18.2 Å². The van der Waals surface area contributed by atoms with E-state index in [-0.39, 0.29) is 11.7 Å². The fourth-order valence-corrected chi connectivity index (χ4v) is 2.30. The van der Waals surface area contributed by atoms with Gasteiger partial charge in [0, 0.05) is 12.6 Å². The Bertz CT molecular complexity index is 482. The molecule has 0 aromatic heterocycles. The number of nitrogens with zero attached hydrogens (tertiary/aromatic N) is 1. The molecule has 0 saturated heterocycles. The third kappa shape index (κ3) is 2.67. The first-order valence-corrected chi connectivity index (χ1v) is 6.79. The molecule has 0 radical (unpaired) electrons. The quantitative estimate of drug-likeness (QED) is 0.849. The van der Waals surface area contributed by atoms with Gasteiger partial charge >= 0.3 is 0 Å². The van der Waals surface area contributed by atoms with Crippen LogP contribution in [0.1, 0.15) is 40.0 Å². The summed E-state index contributed by atoms with van der Waals surface area (Å²) in [4.78, 5) is 14.2. The lowest BCUT2D eigenvalue weighted by Gasteiger charge is -2.38. The van der Waals surface area contributed by atoms with Crippen LogP contribution >= 0.6 is 0 Å². The van der Waals surface area contributed by atoms with Crippen molar-refractivity contribution >= 4 is 11.6 Å². The summed E-state index contributed by atoms with van der Waals surface area (Å²) in [6.45, 7) is 6.34. The predicted octanol–water partition coefficient (Wildman–Crippen LogP) is 3.09. The first-order chi connectivity index (χ1) is 8.95. The minimum Gasteiger partial charge on any atom is -0.508 e. The minimum atomic E-state index is -0.851. The highest BCUT2D eigenvalue weighted by atomic mass is 16.5. The lowest BCUT2D eigenvalue weighted by atomic mass is 10.0. The summed E-state index contributed by atoms with van der Waals surface area (Å²) in [6.07, 6.45) is 3.14. The molecule has 1 aliphatic heterocycles. The summed E-state index contributed by atoms with van der Waals surface area (Å²) >= 11 is 0. The molecule has 19 heavy (non-hydrogen) atoms. The second kappa shape index (κ2) is 5.11. The zero-order chi connectivity index (χ0) is 14.0. The monoisotopic (exact) mass is 263 g/mol. The number of anilines is 1. The number of rotatable bonds is 4. The number of carbonyl (C=O) groups is 1.